The lowest BCUT2D eigenvalue weighted by Crippen LogP contribution is -2.64. The molecule has 3 fully saturated rings. The number of hydrogen-bond donors (Lipinski definition) is 4. The zero-order valence-electron chi connectivity index (χ0n) is 23.3. The normalized spacial score (nSPS) is 46.1. The topological polar surface area (TPSA) is 115 Å². The summed E-state index contributed by atoms with van der Waals surface area (Å²) < 4.78 is 0. The molecule has 4 aliphatic carbocycles. The third-order valence-corrected chi connectivity index (χ3v) is 11.1. The highest BCUT2D eigenvalue weighted by atomic mass is 16.3. The van der Waals surface area contributed by atoms with E-state index in [0.29, 0.717) is 12.8 Å². The Morgan fingerprint density at radius 3 is 2.22 bits per heavy atom. The molecule has 4 aliphatic rings. The Balaban J connectivity index is 1.77. The molecule has 0 spiro atoms. The summed E-state index contributed by atoms with van der Waals surface area (Å²) in [7, 11) is 0. The van der Waals surface area contributed by atoms with E-state index >= 15 is 0 Å². The van der Waals surface area contributed by atoms with Crippen LogP contribution in [0.15, 0.2) is 23.8 Å². The van der Waals surface area contributed by atoms with Gasteiger partial charge in [0.05, 0.1) is 17.3 Å². The molecule has 9 atom stereocenters. The predicted molar refractivity (Wildman–Crippen MR) is 138 cm³/mol. The lowest BCUT2D eigenvalue weighted by molar-refractivity contribution is -0.182. The van der Waals surface area contributed by atoms with Crippen molar-refractivity contribution in [2.24, 2.45) is 39.4 Å². The van der Waals surface area contributed by atoms with Crippen LogP contribution in [0.25, 0.3) is 0 Å². The van der Waals surface area contributed by atoms with Crippen LogP contribution in [0, 0.1) is 39.4 Å². The molecule has 0 aromatic carbocycles. The lowest BCUT2D eigenvalue weighted by Gasteiger charge is -2.64. The van der Waals surface area contributed by atoms with Crippen molar-refractivity contribution >= 4 is 11.6 Å². The Morgan fingerprint density at radius 1 is 1.03 bits per heavy atom. The number of aliphatic hydroxyl groups is 4. The molecule has 0 unspecified atom stereocenters. The average Bonchev–Trinajstić information content (AvgIpc) is 2.91. The summed E-state index contributed by atoms with van der Waals surface area (Å²) in [6.45, 7) is 15.0. The molecule has 3 saturated carbocycles. The van der Waals surface area contributed by atoms with Gasteiger partial charge in [-0.1, -0.05) is 44.6 Å². The molecule has 4 N–H and O–H groups in total. The van der Waals surface area contributed by atoms with Crippen LogP contribution in [0.1, 0.15) is 87.5 Å². The summed E-state index contributed by atoms with van der Waals surface area (Å²) in [5, 5.41) is 43.9. The highest BCUT2D eigenvalue weighted by molar-refractivity contribution is 5.94. The first-order valence-corrected chi connectivity index (χ1v) is 13.5. The van der Waals surface area contributed by atoms with E-state index in [1.807, 2.05) is 20.8 Å². The maximum Gasteiger partial charge on any atom is 0.170 e. The molecule has 0 bridgehead atoms. The predicted octanol–water partition coefficient (Wildman–Crippen LogP) is 3.75. The first-order valence-electron chi connectivity index (χ1n) is 13.5. The van der Waals surface area contributed by atoms with Crippen molar-refractivity contribution < 1.29 is 30.0 Å². The molecule has 0 aliphatic heterocycles. The Labute approximate surface area is 215 Å². The van der Waals surface area contributed by atoms with Crippen molar-refractivity contribution in [3.63, 3.8) is 0 Å². The van der Waals surface area contributed by atoms with E-state index in [9.17, 15) is 30.0 Å². The summed E-state index contributed by atoms with van der Waals surface area (Å²) in [5.41, 5.74) is -3.93. The van der Waals surface area contributed by atoms with Crippen LogP contribution >= 0.6 is 0 Å². The Hall–Kier alpha value is -1.34. The molecular formula is C30H46O6. The van der Waals surface area contributed by atoms with Gasteiger partial charge in [0.2, 0.25) is 0 Å². The first kappa shape index (κ1) is 27.7. The van der Waals surface area contributed by atoms with Crippen molar-refractivity contribution in [3.8, 4) is 0 Å². The first-order chi connectivity index (χ1) is 16.2. The van der Waals surface area contributed by atoms with Gasteiger partial charge >= 0.3 is 0 Å². The van der Waals surface area contributed by atoms with E-state index in [1.165, 1.54) is 0 Å². The standard InChI is InChI=1S/C30H46O6/c1-25(2,35)12-9-13-29(7,36)23-20(32)15-27(5)21-11-10-17-18(14-19(31)24(34)26(17,3)4)30(21,8)22(33)16-28(23,27)6/h9-10,12,18-21,23,31-32,35-36H,11,13-16H2,1-8H3/b12-9+/t18-,19-,20-,21+,23+,27+,28-,29+,30+/m1/s1. The van der Waals surface area contributed by atoms with Crippen molar-refractivity contribution in [2.45, 2.75) is 111 Å². The van der Waals surface area contributed by atoms with Crippen LogP contribution in [0.5, 0.6) is 0 Å². The smallest absolute Gasteiger partial charge is 0.170 e. The fourth-order valence-electron chi connectivity index (χ4n) is 9.22. The average molecular weight is 503 g/mol. The largest absolute Gasteiger partial charge is 0.393 e. The van der Waals surface area contributed by atoms with Crippen LogP contribution in [0.2, 0.25) is 0 Å². The van der Waals surface area contributed by atoms with Crippen LogP contribution in [-0.4, -0.2) is 55.4 Å². The van der Waals surface area contributed by atoms with Crippen molar-refractivity contribution in [2.75, 3.05) is 0 Å². The molecule has 0 amide bonds. The van der Waals surface area contributed by atoms with E-state index in [-0.39, 0.29) is 42.7 Å². The van der Waals surface area contributed by atoms with Crippen LogP contribution in [0.3, 0.4) is 0 Å². The molecule has 0 heterocycles. The second-order valence-corrected chi connectivity index (χ2v) is 14.3. The maximum atomic E-state index is 14.2. The fraction of sp³-hybridized carbons (Fsp3) is 0.800. The van der Waals surface area contributed by atoms with Crippen LogP contribution in [0.4, 0.5) is 0 Å². The van der Waals surface area contributed by atoms with Gasteiger partial charge in [-0.3, -0.25) is 9.59 Å². The minimum Gasteiger partial charge on any atom is -0.393 e. The van der Waals surface area contributed by atoms with E-state index < -0.39 is 51.0 Å². The number of carbonyl (C=O) groups is 2. The summed E-state index contributed by atoms with van der Waals surface area (Å²) in [5.74, 6) is -0.904. The van der Waals surface area contributed by atoms with E-state index in [2.05, 4.69) is 19.9 Å². The Bertz CT molecular complexity index is 1010. The Morgan fingerprint density at radius 2 is 1.64 bits per heavy atom. The van der Waals surface area contributed by atoms with Gasteiger partial charge in [-0.2, -0.15) is 0 Å². The number of Topliss-reactive ketones (excluding diaryl/α,β-unsaturated/α-hetero) is 2. The van der Waals surface area contributed by atoms with Crippen LogP contribution in [-0.2, 0) is 9.59 Å². The number of ketones is 2. The van der Waals surface area contributed by atoms with Gasteiger partial charge in [0.15, 0.2) is 5.78 Å². The SMILES string of the molecule is CC(C)(O)/C=C/C[C@](C)(O)[C@H]1[C@H](O)C[C@@]2(C)[C@@H]3CC=C4[C@@H](C[C@@H](O)C(=O)C4(C)C)[C@]3(C)C(=O)C[C@]12C. The molecule has 6 nitrogen and oxygen atoms in total. The molecule has 6 heteroatoms. The molecule has 0 aromatic heterocycles. The van der Waals surface area contributed by atoms with Gasteiger partial charge in [-0.15, -0.1) is 0 Å². The molecular weight excluding hydrogens is 456 g/mol. The number of carbonyl (C=O) groups excluding carboxylic acids is 2. The number of allylic oxidation sites excluding steroid dienone is 2. The van der Waals surface area contributed by atoms with E-state index in [0.717, 1.165) is 5.57 Å². The fourth-order valence-corrected chi connectivity index (χ4v) is 9.22. The second-order valence-electron chi connectivity index (χ2n) is 14.3. The van der Waals surface area contributed by atoms with Crippen LogP contribution < -0.4 is 0 Å². The minimum absolute atomic E-state index is 0.0800. The van der Waals surface area contributed by atoms with Crippen molar-refractivity contribution in [3.05, 3.63) is 23.8 Å². The van der Waals surface area contributed by atoms with E-state index in [4.69, 9.17) is 0 Å². The number of fused-ring (bicyclic) bond motifs is 5. The minimum atomic E-state index is -1.27. The highest BCUT2D eigenvalue weighted by Crippen LogP contribution is 2.74. The third-order valence-electron chi connectivity index (χ3n) is 11.1. The van der Waals surface area contributed by atoms with Gasteiger partial charge in [0, 0.05) is 23.2 Å². The highest BCUT2D eigenvalue weighted by Gasteiger charge is 2.73. The maximum absolute atomic E-state index is 14.2. The zero-order valence-corrected chi connectivity index (χ0v) is 23.3. The van der Waals surface area contributed by atoms with Gasteiger partial charge in [0.1, 0.15) is 11.9 Å². The molecule has 4 rings (SSSR count). The monoisotopic (exact) mass is 502 g/mol. The molecule has 202 valence electrons. The van der Waals surface area contributed by atoms with Gasteiger partial charge in [-0.25, -0.2) is 0 Å². The Kier molecular flexibility index (Phi) is 6.21. The summed E-state index contributed by atoms with van der Waals surface area (Å²) in [4.78, 5) is 27.0. The molecule has 0 radical (unpaired) electrons. The second kappa shape index (κ2) is 8.08. The summed E-state index contributed by atoms with van der Waals surface area (Å²) in [6.07, 6.45) is 5.55. The lowest BCUT2D eigenvalue weighted by atomic mass is 9.38. The number of aliphatic hydroxyl groups excluding tert-OH is 2. The van der Waals surface area contributed by atoms with Gasteiger partial charge < -0.3 is 20.4 Å². The van der Waals surface area contributed by atoms with E-state index in [1.54, 1.807) is 32.9 Å². The number of rotatable bonds is 4. The summed E-state index contributed by atoms with van der Waals surface area (Å²) >= 11 is 0. The molecule has 0 saturated heterocycles. The quantitative estimate of drug-likeness (QED) is 0.435. The van der Waals surface area contributed by atoms with Gasteiger partial charge in [-0.05, 0) is 83.0 Å². The van der Waals surface area contributed by atoms with Crippen molar-refractivity contribution in [1.29, 1.82) is 0 Å². The molecule has 0 aromatic rings. The third kappa shape index (κ3) is 3.65. The molecule has 36 heavy (non-hydrogen) atoms. The summed E-state index contributed by atoms with van der Waals surface area (Å²) in [6, 6.07) is 0. The number of hydrogen-bond acceptors (Lipinski definition) is 6. The zero-order chi connectivity index (χ0) is 27.3. The van der Waals surface area contributed by atoms with Crippen molar-refractivity contribution in [1.82, 2.24) is 0 Å². The van der Waals surface area contributed by atoms with Gasteiger partial charge in [0.25, 0.3) is 0 Å².